The summed E-state index contributed by atoms with van der Waals surface area (Å²) in [6.45, 7) is 4.79. The van der Waals surface area contributed by atoms with Gasteiger partial charge >= 0.3 is 0 Å². The van der Waals surface area contributed by atoms with Crippen LogP contribution in [0.3, 0.4) is 0 Å². The van der Waals surface area contributed by atoms with Crippen molar-refractivity contribution in [3.8, 4) is 17.6 Å². The summed E-state index contributed by atoms with van der Waals surface area (Å²) in [4.78, 5) is 12.2. The third-order valence-electron chi connectivity index (χ3n) is 3.48. The zero-order valence-electron chi connectivity index (χ0n) is 14.4. The smallest absolute Gasteiger partial charge is 0.269 e. The van der Waals surface area contributed by atoms with Crippen molar-refractivity contribution in [1.82, 2.24) is 15.1 Å². The molecule has 1 aromatic heterocycles. The van der Waals surface area contributed by atoms with E-state index in [0.717, 1.165) is 29.8 Å². The van der Waals surface area contributed by atoms with E-state index in [1.54, 1.807) is 17.8 Å². The minimum Gasteiger partial charge on any atom is -0.494 e. The number of aromatic nitrogens is 2. The van der Waals surface area contributed by atoms with Gasteiger partial charge in [-0.05, 0) is 44.0 Å². The van der Waals surface area contributed by atoms with E-state index in [1.807, 2.05) is 38.1 Å². The second kappa shape index (κ2) is 8.78. The lowest BCUT2D eigenvalue weighted by Gasteiger charge is -2.09. The van der Waals surface area contributed by atoms with Crippen molar-refractivity contribution in [2.24, 2.45) is 7.05 Å². The van der Waals surface area contributed by atoms with Gasteiger partial charge in [-0.2, -0.15) is 5.10 Å². The fourth-order valence-corrected chi connectivity index (χ4v) is 2.32. The molecule has 0 radical (unpaired) electrons. The number of carbonyl (C=O) groups excluding carboxylic acids is 1. The number of benzene rings is 1. The Balaban J connectivity index is 1.86. The van der Waals surface area contributed by atoms with Gasteiger partial charge < -0.3 is 10.1 Å². The lowest BCUT2D eigenvalue weighted by atomic mass is 10.2. The summed E-state index contributed by atoms with van der Waals surface area (Å²) in [5.74, 6) is 6.56. The minimum atomic E-state index is -0.137. The molecule has 24 heavy (non-hydrogen) atoms. The highest BCUT2D eigenvalue weighted by atomic mass is 16.5. The molecule has 5 nitrogen and oxygen atoms in total. The van der Waals surface area contributed by atoms with Crippen LogP contribution < -0.4 is 10.1 Å². The van der Waals surface area contributed by atoms with Crippen LogP contribution in [0.1, 0.15) is 41.5 Å². The standard InChI is InChI=1S/C19H23N3O2/c1-4-5-6-7-11-24-17-10-8-9-16(13-17)14-20-19(23)18-12-15(2)21-22(18)3/h8-10,12-13H,6-7,11,14H2,1-3H3,(H,20,23). The van der Waals surface area contributed by atoms with Crippen molar-refractivity contribution in [1.29, 1.82) is 0 Å². The van der Waals surface area contributed by atoms with E-state index < -0.39 is 0 Å². The number of nitrogens with zero attached hydrogens (tertiary/aromatic N) is 2. The predicted octanol–water partition coefficient (Wildman–Crippen LogP) is 2.84. The minimum absolute atomic E-state index is 0.137. The molecule has 0 unspecified atom stereocenters. The normalized spacial score (nSPS) is 9.96. The number of aryl methyl sites for hydroxylation is 2. The van der Waals surface area contributed by atoms with Crippen LogP contribution in [-0.4, -0.2) is 22.3 Å². The molecule has 0 aliphatic carbocycles. The van der Waals surface area contributed by atoms with E-state index in [1.165, 1.54) is 0 Å². The van der Waals surface area contributed by atoms with Gasteiger partial charge in [-0.25, -0.2) is 0 Å². The summed E-state index contributed by atoms with van der Waals surface area (Å²) >= 11 is 0. The maximum Gasteiger partial charge on any atom is 0.269 e. The third kappa shape index (κ3) is 5.17. The molecule has 0 spiro atoms. The van der Waals surface area contributed by atoms with Crippen LogP contribution in [0, 0.1) is 18.8 Å². The van der Waals surface area contributed by atoms with E-state index >= 15 is 0 Å². The van der Waals surface area contributed by atoms with Crippen LogP contribution >= 0.6 is 0 Å². The zero-order chi connectivity index (χ0) is 17.4. The van der Waals surface area contributed by atoms with Gasteiger partial charge in [0, 0.05) is 20.0 Å². The first-order chi connectivity index (χ1) is 11.6. The fourth-order valence-electron chi connectivity index (χ4n) is 2.32. The van der Waals surface area contributed by atoms with Gasteiger partial charge in [0.05, 0.1) is 12.3 Å². The Morgan fingerprint density at radius 3 is 2.92 bits per heavy atom. The van der Waals surface area contributed by atoms with Crippen molar-refractivity contribution in [2.75, 3.05) is 6.61 Å². The highest BCUT2D eigenvalue weighted by molar-refractivity contribution is 5.92. The molecule has 0 saturated heterocycles. The van der Waals surface area contributed by atoms with Crippen LogP contribution in [0.25, 0.3) is 0 Å². The van der Waals surface area contributed by atoms with Crippen molar-refractivity contribution in [2.45, 2.75) is 33.2 Å². The summed E-state index contributed by atoms with van der Waals surface area (Å²) in [7, 11) is 1.76. The van der Waals surface area contributed by atoms with Crippen LogP contribution in [-0.2, 0) is 13.6 Å². The van der Waals surface area contributed by atoms with Gasteiger partial charge in [0.2, 0.25) is 0 Å². The van der Waals surface area contributed by atoms with Crippen molar-refractivity contribution >= 4 is 5.91 Å². The quantitative estimate of drug-likeness (QED) is 0.629. The molecule has 2 aromatic rings. The van der Waals surface area contributed by atoms with E-state index in [9.17, 15) is 4.79 Å². The summed E-state index contributed by atoms with van der Waals surface area (Å²) in [6.07, 6.45) is 1.75. The highest BCUT2D eigenvalue weighted by Gasteiger charge is 2.11. The summed E-state index contributed by atoms with van der Waals surface area (Å²) in [5.41, 5.74) is 2.37. The number of hydrogen-bond donors (Lipinski definition) is 1. The largest absolute Gasteiger partial charge is 0.494 e. The Bertz CT molecular complexity index is 753. The first-order valence-corrected chi connectivity index (χ1v) is 8.00. The molecule has 0 atom stereocenters. The number of carbonyl (C=O) groups is 1. The first kappa shape index (κ1) is 17.6. The Morgan fingerprint density at radius 1 is 1.38 bits per heavy atom. The predicted molar refractivity (Wildman–Crippen MR) is 93.7 cm³/mol. The second-order valence-electron chi connectivity index (χ2n) is 5.50. The number of unbranched alkanes of at least 4 members (excludes halogenated alkanes) is 1. The van der Waals surface area contributed by atoms with Crippen molar-refractivity contribution in [3.63, 3.8) is 0 Å². The topological polar surface area (TPSA) is 56.1 Å². The number of nitrogens with one attached hydrogen (secondary N) is 1. The third-order valence-corrected chi connectivity index (χ3v) is 3.48. The van der Waals surface area contributed by atoms with Crippen LogP contribution in [0.5, 0.6) is 5.75 Å². The lowest BCUT2D eigenvalue weighted by Crippen LogP contribution is -2.25. The van der Waals surface area contributed by atoms with E-state index in [0.29, 0.717) is 18.8 Å². The number of rotatable bonds is 7. The molecule has 2 rings (SSSR count). The molecule has 1 heterocycles. The molecule has 1 aromatic carbocycles. The molecule has 0 bridgehead atoms. The maximum absolute atomic E-state index is 12.2. The average Bonchev–Trinajstić information content (AvgIpc) is 2.91. The monoisotopic (exact) mass is 325 g/mol. The van der Waals surface area contributed by atoms with E-state index in [4.69, 9.17) is 4.74 Å². The van der Waals surface area contributed by atoms with Gasteiger partial charge in [-0.1, -0.05) is 12.1 Å². The van der Waals surface area contributed by atoms with Gasteiger partial charge in [0.25, 0.3) is 5.91 Å². The number of hydrogen-bond acceptors (Lipinski definition) is 3. The van der Waals surface area contributed by atoms with Crippen molar-refractivity contribution < 1.29 is 9.53 Å². The lowest BCUT2D eigenvalue weighted by molar-refractivity contribution is 0.0941. The molecule has 126 valence electrons. The molecule has 0 aliphatic rings. The molecular formula is C19H23N3O2. The Morgan fingerprint density at radius 2 is 2.21 bits per heavy atom. The second-order valence-corrected chi connectivity index (χ2v) is 5.50. The van der Waals surface area contributed by atoms with Crippen molar-refractivity contribution in [3.05, 3.63) is 47.3 Å². The molecule has 1 amide bonds. The SMILES string of the molecule is CC#CCCCOc1cccc(CNC(=O)c2cc(C)nn2C)c1. The molecule has 5 heteroatoms. The number of ether oxygens (including phenoxy) is 1. The molecule has 0 fully saturated rings. The Labute approximate surface area is 143 Å². The van der Waals surface area contributed by atoms with E-state index in [2.05, 4.69) is 22.3 Å². The van der Waals surface area contributed by atoms with Crippen LogP contribution in [0.15, 0.2) is 30.3 Å². The van der Waals surface area contributed by atoms with Crippen LogP contribution in [0.2, 0.25) is 0 Å². The molecular weight excluding hydrogens is 302 g/mol. The van der Waals surface area contributed by atoms with Gasteiger partial charge in [-0.3, -0.25) is 9.48 Å². The van der Waals surface area contributed by atoms with Gasteiger partial charge in [-0.15, -0.1) is 11.8 Å². The summed E-state index contributed by atoms with van der Waals surface area (Å²) in [6, 6.07) is 9.52. The first-order valence-electron chi connectivity index (χ1n) is 8.00. The molecule has 0 aliphatic heterocycles. The summed E-state index contributed by atoms with van der Waals surface area (Å²) < 4.78 is 7.30. The highest BCUT2D eigenvalue weighted by Crippen LogP contribution is 2.14. The number of amides is 1. The maximum atomic E-state index is 12.2. The molecule has 1 N–H and O–H groups in total. The van der Waals surface area contributed by atoms with E-state index in [-0.39, 0.29) is 5.91 Å². The van der Waals surface area contributed by atoms with Gasteiger partial charge in [0.15, 0.2) is 0 Å². The Kier molecular flexibility index (Phi) is 6.44. The average molecular weight is 325 g/mol. The Hall–Kier alpha value is -2.74. The fraction of sp³-hybridized carbons (Fsp3) is 0.368. The van der Waals surface area contributed by atoms with Crippen LogP contribution in [0.4, 0.5) is 0 Å². The van der Waals surface area contributed by atoms with Gasteiger partial charge in [0.1, 0.15) is 11.4 Å². The zero-order valence-corrected chi connectivity index (χ0v) is 14.4. The summed E-state index contributed by atoms with van der Waals surface area (Å²) in [5, 5.41) is 7.09. The molecule has 0 saturated carbocycles.